The Morgan fingerprint density at radius 2 is 1.95 bits per heavy atom. The second-order valence-electron chi connectivity index (χ2n) is 4.29. The highest BCUT2D eigenvalue weighted by atomic mass is 32.2. The van der Waals surface area contributed by atoms with Crippen LogP contribution >= 0.6 is 0 Å². The number of halogens is 4. The van der Waals surface area contributed by atoms with Crippen LogP contribution in [0, 0.1) is 5.82 Å². The number of carboxylic acid groups (broad SMARTS) is 1. The summed E-state index contributed by atoms with van der Waals surface area (Å²) >= 11 is 0. The monoisotopic (exact) mass is 329 g/mol. The van der Waals surface area contributed by atoms with E-state index >= 15 is 0 Å². The van der Waals surface area contributed by atoms with Gasteiger partial charge in [0, 0.05) is 6.04 Å². The molecular formula is C11H11F4NO4S. The van der Waals surface area contributed by atoms with Gasteiger partial charge >= 0.3 is 12.1 Å². The number of hydrogen-bond donors (Lipinski definition) is 2. The summed E-state index contributed by atoms with van der Waals surface area (Å²) in [7, 11) is -4.61. The average Bonchev–Trinajstić information content (AvgIpc) is 2.24. The topological polar surface area (TPSA) is 83.5 Å². The minimum atomic E-state index is -4.61. The number of rotatable bonds is 5. The highest BCUT2D eigenvalue weighted by Gasteiger charge is 2.32. The fraction of sp³-hybridized carbons (Fsp3) is 0.364. The van der Waals surface area contributed by atoms with Crippen molar-refractivity contribution < 1.29 is 35.9 Å². The third kappa shape index (κ3) is 4.97. The number of nitrogens with one attached hydrogen (secondary N) is 1. The number of hydrogen-bond acceptors (Lipinski definition) is 3. The maximum Gasteiger partial charge on any atom is 0.390 e. The Labute approximate surface area is 117 Å². The summed E-state index contributed by atoms with van der Waals surface area (Å²) in [5.41, 5.74) is -0.500. The van der Waals surface area contributed by atoms with E-state index in [0.717, 1.165) is 13.0 Å². The number of carboxylic acids is 1. The fourth-order valence-corrected chi connectivity index (χ4v) is 2.91. The van der Waals surface area contributed by atoms with Crippen LogP contribution < -0.4 is 4.72 Å². The van der Waals surface area contributed by atoms with Gasteiger partial charge in [-0.1, -0.05) is 0 Å². The Hall–Kier alpha value is -1.68. The van der Waals surface area contributed by atoms with Crippen molar-refractivity contribution in [3.8, 4) is 0 Å². The fourth-order valence-electron chi connectivity index (χ4n) is 1.56. The van der Waals surface area contributed by atoms with Crippen molar-refractivity contribution in [3.63, 3.8) is 0 Å². The van der Waals surface area contributed by atoms with Crippen molar-refractivity contribution in [1.29, 1.82) is 0 Å². The Kier molecular flexibility index (Phi) is 4.95. The highest BCUT2D eigenvalue weighted by molar-refractivity contribution is 7.89. The van der Waals surface area contributed by atoms with Crippen LogP contribution in [0.5, 0.6) is 0 Å². The zero-order valence-corrected chi connectivity index (χ0v) is 11.4. The molecule has 0 bridgehead atoms. The molecule has 1 atom stereocenters. The van der Waals surface area contributed by atoms with Gasteiger partial charge in [0.2, 0.25) is 10.0 Å². The van der Waals surface area contributed by atoms with Crippen LogP contribution in [0.2, 0.25) is 0 Å². The summed E-state index contributed by atoms with van der Waals surface area (Å²) in [5, 5.41) is 8.71. The largest absolute Gasteiger partial charge is 0.478 e. The van der Waals surface area contributed by atoms with Crippen molar-refractivity contribution in [2.75, 3.05) is 0 Å². The molecule has 0 saturated heterocycles. The lowest BCUT2D eigenvalue weighted by Crippen LogP contribution is -2.36. The van der Waals surface area contributed by atoms with Crippen molar-refractivity contribution >= 4 is 16.0 Å². The van der Waals surface area contributed by atoms with Gasteiger partial charge in [0.15, 0.2) is 0 Å². The SMILES string of the molecule is CC(CC(F)(F)F)NS(=O)(=O)c1cc(C(=O)O)ccc1F. The third-order valence-corrected chi connectivity index (χ3v) is 3.97. The van der Waals surface area contributed by atoms with E-state index in [1.165, 1.54) is 0 Å². The summed E-state index contributed by atoms with van der Waals surface area (Å²) in [6, 6.07) is 0.477. The van der Waals surface area contributed by atoms with E-state index in [4.69, 9.17) is 5.11 Å². The van der Waals surface area contributed by atoms with E-state index in [1.54, 1.807) is 4.72 Å². The minimum Gasteiger partial charge on any atom is -0.478 e. The summed E-state index contributed by atoms with van der Waals surface area (Å²) in [4.78, 5) is 9.70. The van der Waals surface area contributed by atoms with Crippen LogP contribution in [0.3, 0.4) is 0 Å². The molecule has 0 fully saturated rings. The molecule has 0 heterocycles. The summed E-state index contributed by atoms with van der Waals surface area (Å²) < 4.78 is 75.2. The van der Waals surface area contributed by atoms with Gasteiger partial charge in [-0.2, -0.15) is 13.2 Å². The molecule has 1 aromatic carbocycles. The zero-order chi connectivity index (χ0) is 16.4. The maximum atomic E-state index is 13.5. The molecule has 2 N–H and O–H groups in total. The van der Waals surface area contributed by atoms with Crippen LogP contribution in [0.4, 0.5) is 17.6 Å². The van der Waals surface area contributed by atoms with Crippen LogP contribution in [0.1, 0.15) is 23.7 Å². The Morgan fingerprint density at radius 3 is 2.43 bits per heavy atom. The van der Waals surface area contributed by atoms with Crippen molar-refractivity contribution in [3.05, 3.63) is 29.6 Å². The lowest BCUT2D eigenvalue weighted by Gasteiger charge is -2.16. The molecule has 0 aliphatic rings. The molecule has 0 aromatic heterocycles. The summed E-state index contributed by atoms with van der Waals surface area (Å²) in [6.07, 6.45) is -6.03. The molecule has 118 valence electrons. The second-order valence-corrected chi connectivity index (χ2v) is 5.97. The molecule has 0 aliphatic heterocycles. The van der Waals surface area contributed by atoms with E-state index in [1.807, 2.05) is 0 Å². The predicted octanol–water partition coefficient (Wildman–Crippen LogP) is 2.14. The summed E-state index contributed by atoms with van der Waals surface area (Å²) in [5.74, 6) is -2.75. The lowest BCUT2D eigenvalue weighted by atomic mass is 10.2. The zero-order valence-electron chi connectivity index (χ0n) is 10.6. The molecule has 21 heavy (non-hydrogen) atoms. The molecule has 1 aromatic rings. The minimum absolute atomic E-state index is 0.500. The predicted molar refractivity (Wildman–Crippen MR) is 63.8 cm³/mol. The van der Waals surface area contributed by atoms with Crippen LogP contribution in [-0.2, 0) is 10.0 Å². The number of alkyl halides is 3. The molecule has 1 rings (SSSR count). The van der Waals surface area contributed by atoms with Gasteiger partial charge < -0.3 is 5.11 Å². The van der Waals surface area contributed by atoms with Crippen LogP contribution in [-0.4, -0.2) is 31.7 Å². The normalized spacial score (nSPS) is 14.0. The van der Waals surface area contributed by atoms with E-state index in [0.29, 0.717) is 12.1 Å². The molecular weight excluding hydrogens is 318 g/mol. The first-order chi connectivity index (χ1) is 9.42. The first kappa shape index (κ1) is 17.4. The molecule has 10 heteroatoms. The molecule has 0 radical (unpaired) electrons. The number of benzene rings is 1. The number of aromatic carboxylic acids is 1. The summed E-state index contributed by atoms with van der Waals surface area (Å²) in [6.45, 7) is 0.962. The van der Waals surface area contributed by atoms with Gasteiger partial charge in [0.25, 0.3) is 0 Å². The van der Waals surface area contributed by atoms with Crippen LogP contribution in [0.25, 0.3) is 0 Å². The quantitative estimate of drug-likeness (QED) is 0.811. The third-order valence-electron chi connectivity index (χ3n) is 2.36. The first-order valence-corrected chi connectivity index (χ1v) is 7.02. The maximum absolute atomic E-state index is 13.5. The first-order valence-electron chi connectivity index (χ1n) is 5.54. The van der Waals surface area contributed by atoms with Crippen LogP contribution in [0.15, 0.2) is 23.1 Å². The highest BCUT2D eigenvalue weighted by Crippen LogP contribution is 2.23. The Bertz CT molecular complexity index is 642. The van der Waals surface area contributed by atoms with Gasteiger partial charge in [0.05, 0.1) is 12.0 Å². The van der Waals surface area contributed by atoms with Gasteiger partial charge in [0.1, 0.15) is 10.7 Å². The average molecular weight is 329 g/mol. The van der Waals surface area contributed by atoms with Gasteiger partial charge in [-0.3, -0.25) is 0 Å². The Morgan fingerprint density at radius 1 is 1.38 bits per heavy atom. The molecule has 0 saturated carbocycles. The molecule has 0 amide bonds. The van der Waals surface area contributed by atoms with Gasteiger partial charge in [-0.15, -0.1) is 0 Å². The second kappa shape index (κ2) is 5.98. The molecule has 1 unspecified atom stereocenters. The van der Waals surface area contributed by atoms with E-state index in [2.05, 4.69) is 0 Å². The molecule has 0 aliphatic carbocycles. The standard InChI is InChI=1S/C11H11F4NO4S/c1-6(5-11(13,14)15)16-21(19,20)9-4-7(10(17)18)2-3-8(9)12/h2-4,6,16H,5H2,1H3,(H,17,18). The lowest BCUT2D eigenvalue weighted by molar-refractivity contribution is -0.137. The van der Waals surface area contributed by atoms with Crippen molar-refractivity contribution in [2.45, 2.75) is 30.5 Å². The molecule has 5 nitrogen and oxygen atoms in total. The van der Waals surface area contributed by atoms with E-state index < -0.39 is 50.9 Å². The number of carbonyl (C=O) groups is 1. The smallest absolute Gasteiger partial charge is 0.390 e. The molecule has 0 spiro atoms. The van der Waals surface area contributed by atoms with Gasteiger partial charge in [-0.05, 0) is 25.1 Å². The Balaban J connectivity index is 3.08. The number of sulfonamides is 1. The van der Waals surface area contributed by atoms with Gasteiger partial charge in [-0.25, -0.2) is 22.3 Å². The van der Waals surface area contributed by atoms with Crippen molar-refractivity contribution in [2.24, 2.45) is 0 Å². The van der Waals surface area contributed by atoms with E-state index in [9.17, 15) is 30.8 Å². The van der Waals surface area contributed by atoms with Crippen molar-refractivity contribution in [1.82, 2.24) is 4.72 Å². The van der Waals surface area contributed by atoms with E-state index in [-0.39, 0.29) is 0 Å².